The summed E-state index contributed by atoms with van der Waals surface area (Å²) >= 11 is 0. The first kappa shape index (κ1) is 16.1. The highest BCUT2D eigenvalue weighted by atomic mass is 19.3. The van der Waals surface area contributed by atoms with Gasteiger partial charge >= 0.3 is 6.61 Å². The van der Waals surface area contributed by atoms with E-state index in [4.69, 9.17) is 4.74 Å². The fourth-order valence-corrected chi connectivity index (χ4v) is 2.93. The van der Waals surface area contributed by atoms with Crippen LogP contribution in [0.1, 0.15) is 24.3 Å². The normalized spacial score (nSPS) is 30.1. The van der Waals surface area contributed by atoms with Crippen molar-refractivity contribution in [3.8, 4) is 5.75 Å². The Morgan fingerprint density at radius 1 is 1.35 bits per heavy atom. The molecule has 2 fully saturated rings. The summed E-state index contributed by atoms with van der Waals surface area (Å²) in [6, 6.07) is 6.12. The van der Waals surface area contributed by atoms with Gasteiger partial charge in [0.15, 0.2) is 0 Å². The zero-order chi connectivity index (χ0) is 16.4. The van der Waals surface area contributed by atoms with E-state index in [0.29, 0.717) is 13.0 Å². The van der Waals surface area contributed by atoms with Crippen molar-refractivity contribution >= 4 is 5.91 Å². The zero-order valence-corrected chi connectivity index (χ0v) is 12.5. The number of ether oxygens (including phenoxy) is 2. The second-order valence-corrected chi connectivity index (χ2v) is 5.94. The van der Waals surface area contributed by atoms with Crippen molar-refractivity contribution in [1.82, 2.24) is 5.32 Å². The summed E-state index contributed by atoms with van der Waals surface area (Å²) in [4.78, 5) is 12.2. The molecule has 23 heavy (non-hydrogen) atoms. The van der Waals surface area contributed by atoms with Crippen molar-refractivity contribution in [2.45, 2.75) is 37.5 Å². The highest BCUT2D eigenvalue weighted by Crippen LogP contribution is 2.47. The van der Waals surface area contributed by atoms with Crippen molar-refractivity contribution in [1.29, 1.82) is 0 Å². The molecule has 3 rings (SSSR count). The average Bonchev–Trinajstić information content (AvgIpc) is 3.30. The Morgan fingerprint density at radius 3 is 2.74 bits per heavy atom. The number of alkyl halides is 2. The minimum absolute atomic E-state index is 0.0751. The Morgan fingerprint density at radius 2 is 2.09 bits per heavy atom. The molecule has 1 aliphatic carbocycles. The first-order valence-electron chi connectivity index (χ1n) is 7.65. The van der Waals surface area contributed by atoms with Gasteiger partial charge in [0.25, 0.3) is 0 Å². The summed E-state index contributed by atoms with van der Waals surface area (Å²) in [5.41, 5.74) is 0.930. The topological polar surface area (TPSA) is 67.8 Å². The number of rotatable bonds is 5. The van der Waals surface area contributed by atoms with Gasteiger partial charge in [-0.2, -0.15) is 8.78 Å². The number of aliphatic hydroxyl groups is 1. The lowest BCUT2D eigenvalue weighted by atomic mass is 10.1. The van der Waals surface area contributed by atoms with E-state index in [9.17, 15) is 18.7 Å². The third kappa shape index (κ3) is 3.97. The lowest BCUT2D eigenvalue weighted by Crippen LogP contribution is -2.49. The van der Waals surface area contributed by atoms with Crippen LogP contribution < -0.4 is 10.1 Å². The van der Waals surface area contributed by atoms with E-state index in [-0.39, 0.29) is 36.1 Å². The van der Waals surface area contributed by atoms with Gasteiger partial charge < -0.3 is 19.9 Å². The zero-order valence-electron chi connectivity index (χ0n) is 12.5. The standard InChI is InChI=1S/C16H19F2NO4/c17-16(18)23-10-3-1-9(2-4-10)11-7-12(11)15(21)19-13-5-6-22-8-14(13)20/h1-4,11-14,16,20H,5-8H2,(H,19,21)/t11-,12+,13+,14+/m1/s1. The molecule has 0 aromatic heterocycles. The summed E-state index contributed by atoms with van der Waals surface area (Å²) in [5, 5.41) is 12.7. The highest BCUT2D eigenvalue weighted by molar-refractivity contribution is 5.83. The predicted octanol–water partition coefficient (Wildman–Crippen LogP) is 1.66. The maximum atomic E-state index is 12.2. The third-order valence-electron chi connectivity index (χ3n) is 4.31. The molecule has 126 valence electrons. The van der Waals surface area contributed by atoms with Crippen molar-refractivity contribution in [2.24, 2.45) is 5.92 Å². The van der Waals surface area contributed by atoms with Crippen LogP contribution in [0.5, 0.6) is 5.75 Å². The third-order valence-corrected chi connectivity index (χ3v) is 4.31. The molecule has 1 saturated heterocycles. The molecule has 0 radical (unpaired) electrons. The summed E-state index contributed by atoms with van der Waals surface area (Å²) < 4.78 is 33.7. The molecule has 5 nitrogen and oxygen atoms in total. The number of carbonyl (C=O) groups excluding carboxylic acids is 1. The monoisotopic (exact) mass is 327 g/mol. The van der Waals surface area contributed by atoms with E-state index in [1.165, 1.54) is 12.1 Å². The molecule has 1 saturated carbocycles. The molecule has 1 aromatic carbocycles. The molecule has 1 amide bonds. The largest absolute Gasteiger partial charge is 0.435 e. The number of halogens is 2. The number of carbonyl (C=O) groups is 1. The smallest absolute Gasteiger partial charge is 0.387 e. The Kier molecular flexibility index (Phi) is 4.77. The van der Waals surface area contributed by atoms with Gasteiger partial charge in [0.05, 0.1) is 18.8 Å². The molecule has 1 aromatic rings. The second-order valence-electron chi connectivity index (χ2n) is 5.94. The van der Waals surface area contributed by atoms with Crippen molar-refractivity contribution < 1.29 is 28.2 Å². The van der Waals surface area contributed by atoms with Gasteiger partial charge in [-0.15, -0.1) is 0 Å². The molecule has 2 aliphatic rings. The van der Waals surface area contributed by atoms with Crippen LogP contribution in [-0.2, 0) is 9.53 Å². The predicted molar refractivity (Wildman–Crippen MR) is 77.3 cm³/mol. The minimum Gasteiger partial charge on any atom is -0.435 e. The summed E-state index contributed by atoms with van der Waals surface area (Å²) in [5.74, 6) is -0.0101. The molecular weight excluding hydrogens is 308 g/mol. The fraction of sp³-hybridized carbons (Fsp3) is 0.562. The van der Waals surface area contributed by atoms with Crippen LogP contribution >= 0.6 is 0 Å². The molecule has 4 atom stereocenters. The summed E-state index contributed by atoms with van der Waals surface area (Å²) in [6.07, 6.45) is 0.653. The Hall–Kier alpha value is -1.73. The van der Waals surface area contributed by atoms with Crippen LogP contribution in [0.15, 0.2) is 24.3 Å². The van der Waals surface area contributed by atoms with Gasteiger partial charge in [0.1, 0.15) is 5.75 Å². The Bertz CT molecular complexity index is 552. The quantitative estimate of drug-likeness (QED) is 0.863. The number of hydrogen-bond donors (Lipinski definition) is 2. The van der Waals surface area contributed by atoms with Crippen LogP contribution in [0, 0.1) is 5.92 Å². The van der Waals surface area contributed by atoms with Crippen LogP contribution in [0.25, 0.3) is 0 Å². The van der Waals surface area contributed by atoms with Gasteiger partial charge in [-0.1, -0.05) is 12.1 Å². The lowest BCUT2D eigenvalue weighted by molar-refractivity contribution is -0.125. The van der Waals surface area contributed by atoms with Gasteiger partial charge in [-0.3, -0.25) is 4.79 Å². The van der Waals surface area contributed by atoms with E-state index >= 15 is 0 Å². The SMILES string of the molecule is O=C(N[C@H]1CCOC[C@@H]1O)[C@H]1C[C@@H]1c1ccc(OC(F)F)cc1. The first-order valence-corrected chi connectivity index (χ1v) is 7.65. The molecule has 7 heteroatoms. The number of nitrogens with one attached hydrogen (secondary N) is 1. The second kappa shape index (κ2) is 6.80. The van der Waals surface area contributed by atoms with Crippen LogP contribution in [0.2, 0.25) is 0 Å². The lowest BCUT2D eigenvalue weighted by Gasteiger charge is -2.28. The van der Waals surface area contributed by atoms with Crippen LogP contribution in [-0.4, -0.2) is 43.0 Å². The Labute approximate surface area is 132 Å². The maximum absolute atomic E-state index is 12.2. The van der Waals surface area contributed by atoms with Crippen LogP contribution in [0.3, 0.4) is 0 Å². The molecule has 0 unspecified atom stereocenters. The van der Waals surface area contributed by atoms with Crippen LogP contribution in [0.4, 0.5) is 8.78 Å². The number of aliphatic hydroxyl groups excluding tert-OH is 1. The van der Waals surface area contributed by atoms with E-state index in [1.807, 2.05) is 0 Å². The first-order chi connectivity index (χ1) is 11.0. The summed E-state index contributed by atoms with van der Waals surface area (Å²) in [6.45, 7) is -2.07. The summed E-state index contributed by atoms with van der Waals surface area (Å²) in [7, 11) is 0. The van der Waals surface area contributed by atoms with E-state index < -0.39 is 12.7 Å². The molecule has 0 spiro atoms. The number of benzene rings is 1. The molecule has 0 bridgehead atoms. The maximum Gasteiger partial charge on any atom is 0.387 e. The fourth-order valence-electron chi connectivity index (χ4n) is 2.93. The van der Waals surface area contributed by atoms with E-state index in [2.05, 4.69) is 10.1 Å². The van der Waals surface area contributed by atoms with E-state index in [1.54, 1.807) is 12.1 Å². The molecule has 1 heterocycles. The highest BCUT2D eigenvalue weighted by Gasteiger charge is 2.44. The molecule has 2 N–H and O–H groups in total. The molecular formula is C16H19F2NO4. The number of hydrogen-bond acceptors (Lipinski definition) is 4. The van der Waals surface area contributed by atoms with Gasteiger partial charge in [0, 0.05) is 12.5 Å². The average molecular weight is 327 g/mol. The van der Waals surface area contributed by atoms with Crippen molar-refractivity contribution in [3.05, 3.63) is 29.8 Å². The van der Waals surface area contributed by atoms with Gasteiger partial charge in [0.2, 0.25) is 5.91 Å². The molecule has 1 aliphatic heterocycles. The van der Waals surface area contributed by atoms with Crippen molar-refractivity contribution in [2.75, 3.05) is 13.2 Å². The van der Waals surface area contributed by atoms with Gasteiger partial charge in [-0.05, 0) is 36.5 Å². The van der Waals surface area contributed by atoms with Gasteiger partial charge in [-0.25, -0.2) is 0 Å². The van der Waals surface area contributed by atoms with E-state index in [0.717, 1.165) is 12.0 Å². The minimum atomic E-state index is -2.84. The van der Waals surface area contributed by atoms with Crippen molar-refractivity contribution in [3.63, 3.8) is 0 Å². The Balaban J connectivity index is 1.53. The number of amides is 1.